The maximum atomic E-state index is 12.4. The third-order valence-corrected chi connectivity index (χ3v) is 4.48. The molecular weight excluding hydrogens is 390 g/mol. The smallest absolute Gasteiger partial charge is 0.290 e. The summed E-state index contributed by atoms with van der Waals surface area (Å²) in [5, 5.41) is 0. The summed E-state index contributed by atoms with van der Waals surface area (Å²) in [7, 11) is 0. The molecule has 1 aromatic heterocycles. The number of nitrogens with zero attached hydrogens (tertiary/aromatic N) is 1. The third-order valence-electron chi connectivity index (χ3n) is 3.95. The molecule has 25 heavy (non-hydrogen) atoms. The Balaban J connectivity index is 1.59. The fraction of sp³-hybridized carbons (Fsp3) is 0.235. The number of likely N-dealkylation sites (tertiary alicyclic amines) is 1. The fourth-order valence-corrected chi connectivity index (χ4v) is 2.96. The standard InChI is InChI=1S/C17H16BrN3O4/c18-12-7-5-11(6-8-12)15(22)19-20-16(23)13-3-1-9-21(13)17(24)14-4-2-10-25-14/h2,4-8,10,13H,1,3,9H2,(H,19,22)(H,20,23)/t13-/m0/s1. The number of amides is 3. The van der Waals surface area contributed by atoms with Crippen LogP contribution in [0.4, 0.5) is 0 Å². The molecule has 0 unspecified atom stereocenters. The Morgan fingerprint density at radius 1 is 1.12 bits per heavy atom. The average Bonchev–Trinajstić information content (AvgIpc) is 3.30. The molecule has 2 heterocycles. The van der Waals surface area contributed by atoms with Gasteiger partial charge in [0.05, 0.1) is 6.26 Å². The molecule has 1 aliphatic rings. The van der Waals surface area contributed by atoms with E-state index in [2.05, 4.69) is 26.8 Å². The van der Waals surface area contributed by atoms with Gasteiger partial charge in [0.25, 0.3) is 17.7 Å². The number of benzene rings is 1. The minimum absolute atomic E-state index is 0.193. The number of halogens is 1. The van der Waals surface area contributed by atoms with Gasteiger partial charge in [0.1, 0.15) is 6.04 Å². The largest absolute Gasteiger partial charge is 0.459 e. The molecule has 1 atom stereocenters. The van der Waals surface area contributed by atoms with Gasteiger partial charge < -0.3 is 9.32 Å². The third kappa shape index (κ3) is 3.90. The van der Waals surface area contributed by atoms with Gasteiger partial charge in [-0.1, -0.05) is 15.9 Å². The number of carbonyl (C=O) groups is 3. The van der Waals surface area contributed by atoms with E-state index in [4.69, 9.17) is 4.42 Å². The van der Waals surface area contributed by atoms with Crippen LogP contribution < -0.4 is 10.9 Å². The van der Waals surface area contributed by atoms with Crippen LogP contribution >= 0.6 is 15.9 Å². The predicted octanol–water partition coefficient (Wildman–Crippen LogP) is 2.11. The molecule has 0 saturated carbocycles. The molecule has 130 valence electrons. The number of nitrogens with one attached hydrogen (secondary N) is 2. The van der Waals surface area contributed by atoms with E-state index in [0.29, 0.717) is 24.9 Å². The Labute approximate surface area is 152 Å². The van der Waals surface area contributed by atoms with E-state index in [1.165, 1.54) is 11.2 Å². The zero-order valence-corrected chi connectivity index (χ0v) is 14.8. The Kier molecular flexibility index (Phi) is 5.18. The summed E-state index contributed by atoms with van der Waals surface area (Å²) in [5.41, 5.74) is 5.18. The molecule has 0 bridgehead atoms. The summed E-state index contributed by atoms with van der Waals surface area (Å²) in [6.07, 6.45) is 2.66. The van der Waals surface area contributed by atoms with Crippen LogP contribution in [-0.2, 0) is 4.79 Å². The van der Waals surface area contributed by atoms with Gasteiger partial charge in [-0.2, -0.15) is 0 Å². The zero-order chi connectivity index (χ0) is 17.8. The summed E-state index contributed by atoms with van der Waals surface area (Å²) >= 11 is 3.29. The van der Waals surface area contributed by atoms with Gasteiger partial charge in [0, 0.05) is 16.6 Å². The van der Waals surface area contributed by atoms with Gasteiger partial charge in [-0.3, -0.25) is 25.2 Å². The van der Waals surface area contributed by atoms with Crippen molar-refractivity contribution in [1.82, 2.24) is 15.8 Å². The van der Waals surface area contributed by atoms with Gasteiger partial charge in [-0.05, 0) is 49.2 Å². The van der Waals surface area contributed by atoms with E-state index in [-0.39, 0.29) is 11.7 Å². The monoisotopic (exact) mass is 405 g/mol. The first-order chi connectivity index (χ1) is 12.1. The minimum atomic E-state index is -0.636. The second-order valence-corrected chi connectivity index (χ2v) is 6.50. The second-order valence-electron chi connectivity index (χ2n) is 5.58. The molecule has 1 saturated heterocycles. The van der Waals surface area contributed by atoms with Crippen molar-refractivity contribution in [2.45, 2.75) is 18.9 Å². The van der Waals surface area contributed by atoms with Crippen LogP contribution in [0.15, 0.2) is 51.6 Å². The molecule has 7 nitrogen and oxygen atoms in total. The van der Waals surface area contributed by atoms with Gasteiger partial charge in [0.15, 0.2) is 5.76 Å². The summed E-state index contributed by atoms with van der Waals surface area (Å²) in [6.45, 7) is 0.471. The Hall–Kier alpha value is -2.61. The number of rotatable bonds is 3. The number of hydrogen-bond acceptors (Lipinski definition) is 4. The van der Waals surface area contributed by atoms with Crippen LogP contribution in [0.1, 0.15) is 33.8 Å². The van der Waals surface area contributed by atoms with Crippen LogP contribution in [-0.4, -0.2) is 35.2 Å². The minimum Gasteiger partial charge on any atom is -0.459 e. The lowest BCUT2D eigenvalue weighted by molar-refractivity contribution is -0.125. The molecule has 2 aromatic rings. The van der Waals surface area contributed by atoms with E-state index in [9.17, 15) is 14.4 Å². The Bertz CT molecular complexity index is 774. The van der Waals surface area contributed by atoms with Gasteiger partial charge in [-0.15, -0.1) is 0 Å². The van der Waals surface area contributed by atoms with Gasteiger partial charge >= 0.3 is 0 Å². The summed E-state index contributed by atoms with van der Waals surface area (Å²) in [4.78, 5) is 38.2. The van der Waals surface area contributed by atoms with Crippen LogP contribution in [0, 0.1) is 0 Å². The van der Waals surface area contributed by atoms with Crippen molar-refractivity contribution >= 4 is 33.7 Å². The lowest BCUT2D eigenvalue weighted by atomic mass is 10.2. The quantitative estimate of drug-likeness (QED) is 0.764. The number of hydrazine groups is 1. The van der Waals surface area contributed by atoms with Crippen molar-refractivity contribution in [2.24, 2.45) is 0 Å². The first-order valence-electron chi connectivity index (χ1n) is 7.76. The molecule has 3 amide bonds. The maximum Gasteiger partial charge on any atom is 0.290 e. The predicted molar refractivity (Wildman–Crippen MR) is 92.5 cm³/mol. The molecule has 0 aliphatic carbocycles. The lowest BCUT2D eigenvalue weighted by Gasteiger charge is -2.23. The van der Waals surface area contributed by atoms with Crippen molar-refractivity contribution in [2.75, 3.05) is 6.54 Å². The highest BCUT2D eigenvalue weighted by molar-refractivity contribution is 9.10. The molecule has 8 heteroatoms. The van der Waals surface area contributed by atoms with Crippen LogP contribution in [0.5, 0.6) is 0 Å². The van der Waals surface area contributed by atoms with E-state index in [0.717, 1.165) is 4.47 Å². The highest BCUT2D eigenvalue weighted by Crippen LogP contribution is 2.20. The Morgan fingerprint density at radius 2 is 1.88 bits per heavy atom. The van der Waals surface area contributed by atoms with Gasteiger partial charge in [0.2, 0.25) is 0 Å². The molecule has 3 rings (SSSR count). The molecule has 0 spiro atoms. The zero-order valence-electron chi connectivity index (χ0n) is 13.2. The van der Waals surface area contributed by atoms with Crippen molar-refractivity contribution in [3.05, 3.63) is 58.5 Å². The number of carbonyl (C=O) groups excluding carboxylic acids is 3. The SMILES string of the molecule is O=C(NNC(=O)[C@@H]1CCCN1C(=O)c1ccco1)c1ccc(Br)cc1. The fourth-order valence-electron chi connectivity index (χ4n) is 2.70. The van der Waals surface area contributed by atoms with Crippen molar-refractivity contribution < 1.29 is 18.8 Å². The molecule has 2 N–H and O–H groups in total. The molecular formula is C17H16BrN3O4. The van der Waals surface area contributed by atoms with E-state index >= 15 is 0 Å². The lowest BCUT2D eigenvalue weighted by Crippen LogP contribution is -2.51. The van der Waals surface area contributed by atoms with Crippen LogP contribution in [0.3, 0.4) is 0 Å². The topological polar surface area (TPSA) is 91.7 Å². The first-order valence-corrected chi connectivity index (χ1v) is 8.56. The van der Waals surface area contributed by atoms with E-state index < -0.39 is 17.9 Å². The highest BCUT2D eigenvalue weighted by Gasteiger charge is 2.35. The normalized spacial score (nSPS) is 16.5. The van der Waals surface area contributed by atoms with Crippen LogP contribution in [0.25, 0.3) is 0 Å². The van der Waals surface area contributed by atoms with Gasteiger partial charge in [-0.25, -0.2) is 0 Å². The summed E-state index contributed by atoms with van der Waals surface area (Å²) in [6, 6.07) is 9.28. The van der Waals surface area contributed by atoms with E-state index in [1.807, 2.05) is 0 Å². The first kappa shape index (κ1) is 17.2. The number of hydrogen-bond donors (Lipinski definition) is 2. The van der Waals surface area contributed by atoms with Crippen molar-refractivity contribution in [3.8, 4) is 0 Å². The maximum absolute atomic E-state index is 12.4. The summed E-state index contributed by atoms with van der Waals surface area (Å²) in [5.74, 6) is -0.994. The molecule has 1 aliphatic heterocycles. The Morgan fingerprint density at radius 3 is 2.56 bits per heavy atom. The van der Waals surface area contributed by atoms with Crippen molar-refractivity contribution in [3.63, 3.8) is 0 Å². The average molecular weight is 406 g/mol. The van der Waals surface area contributed by atoms with Crippen molar-refractivity contribution in [1.29, 1.82) is 0 Å². The second kappa shape index (κ2) is 7.52. The van der Waals surface area contributed by atoms with E-state index in [1.54, 1.807) is 36.4 Å². The molecule has 0 radical (unpaired) electrons. The highest BCUT2D eigenvalue weighted by atomic mass is 79.9. The molecule has 1 fully saturated rings. The van der Waals surface area contributed by atoms with Crippen LogP contribution in [0.2, 0.25) is 0 Å². The summed E-state index contributed by atoms with van der Waals surface area (Å²) < 4.78 is 5.96. The molecule has 1 aromatic carbocycles. The number of furan rings is 1.